The van der Waals surface area contributed by atoms with Gasteiger partial charge in [-0.05, 0) is 49.0 Å². The number of hydrogen-bond donors (Lipinski definition) is 2. The van der Waals surface area contributed by atoms with Gasteiger partial charge in [0.2, 0.25) is 15.7 Å². The van der Waals surface area contributed by atoms with E-state index in [1.165, 1.54) is 27.2 Å². The van der Waals surface area contributed by atoms with Crippen LogP contribution in [0.2, 0.25) is 5.02 Å². The molecule has 3 aromatic rings. The SMILES string of the molecule is CNCCN1CN([C@H]2Cc3c(F)ccc(C)c3-[n+]3[nH]c(=O)oc32)S(=O)(=O)c2ccc(Cl)cc21. The molecule has 174 valence electrons. The second-order valence-corrected chi connectivity index (χ2v) is 10.4. The number of halogens is 2. The Balaban J connectivity index is 1.68. The molecule has 0 saturated carbocycles. The number of sulfonamides is 1. The molecule has 0 spiro atoms. The van der Waals surface area contributed by atoms with Gasteiger partial charge in [0.15, 0.2) is 6.04 Å². The highest BCUT2D eigenvalue weighted by Gasteiger charge is 2.49. The Kier molecular flexibility index (Phi) is 5.31. The third-order valence-corrected chi connectivity index (χ3v) is 8.22. The molecule has 1 aromatic heterocycles. The van der Waals surface area contributed by atoms with Crippen molar-refractivity contribution in [2.45, 2.75) is 24.3 Å². The maximum absolute atomic E-state index is 14.9. The first-order chi connectivity index (χ1) is 15.7. The van der Waals surface area contributed by atoms with E-state index in [-0.39, 0.29) is 23.9 Å². The Morgan fingerprint density at radius 2 is 2.12 bits per heavy atom. The van der Waals surface area contributed by atoms with Crippen molar-refractivity contribution in [1.29, 1.82) is 0 Å². The van der Waals surface area contributed by atoms with Crippen LogP contribution < -0.4 is 20.7 Å². The van der Waals surface area contributed by atoms with Crippen molar-refractivity contribution < 1.29 is 21.9 Å². The molecule has 3 heterocycles. The molecule has 5 rings (SSSR count). The van der Waals surface area contributed by atoms with Crippen LogP contribution in [0, 0.1) is 12.7 Å². The van der Waals surface area contributed by atoms with E-state index >= 15 is 0 Å². The number of benzene rings is 2. The summed E-state index contributed by atoms with van der Waals surface area (Å²) in [7, 11) is -2.21. The number of likely N-dealkylation sites (N-methyl/N-ethyl adjacent to an activating group) is 1. The molecule has 0 bridgehead atoms. The molecule has 0 fully saturated rings. The monoisotopic (exact) mass is 494 g/mol. The minimum absolute atomic E-state index is 0.0142. The van der Waals surface area contributed by atoms with Gasteiger partial charge in [0.25, 0.3) is 0 Å². The maximum atomic E-state index is 14.9. The summed E-state index contributed by atoms with van der Waals surface area (Å²) >= 11 is 6.16. The van der Waals surface area contributed by atoms with Crippen LogP contribution in [0.4, 0.5) is 10.1 Å². The van der Waals surface area contributed by atoms with Crippen molar-refractivity contribution in [2.75, 3.05) is 31.7 Å². The Morgan fingerprint density at radius 3 is 2.88 bits per heavy atom. The Bertz CT molecular complexity index is 1420. The number of nitrogens with zero attached hydrogens (tertiary/aromatic N) is 3. The van der Waals surface area contributed by atoms with Crippen LogP contribution in [-0.2, 0) is 16.4 Å². The van der Waals surface area contributed by atoms with Crippen LogP contribution in [0.15, 0.2) is 44.4 Å². The summed E-state index contributed by atoms with van der Waals surface area (Å²) in [4.78, 5) is 14.1. The number of nitrogens with one attached hydrogen (secondary N) is 2. The minimum atomic E-state index is -4.02. The van der Waals surface area contributed by atoms with Crippen molar-refractivity contribution in [3.63, 3.8) is 0 Å². The number of H-pyrrole nitrogens is 1. The van der Waals surface area contributed by atoms with Gasteiger partial charge < -0.3 is 14.6 Å². The van der Waals surface area contributed by atoms with Gasteiger partial charge in [0, 0.05) is 30.1 Å². The third-order valence-electron chi connectivity index (χ3n) is 6.09. The summed E-state index contributed by atoms with van der Waals surface area (Å²) in [5.41, 5.74) is 2.00. The predicted octanol–water partition coefficient (Wildman–Crippen LogP) is 1.63. The molecule has 9 nitrogen and oxygen atoms in total. The van der Waals surface area contributed by atoms with E-state index in [9.17, 15) is 17.6 Å². The lowest BCUT2D eigenvalue weighted by Crippen LogP contribution is -2.54. The molecule has 1 atom stereocenters. The molecule has 2 aromatic carbocycles. The number of hydrogen-bond acceptors (Lipinski definition) is 6. The van der Waals surface area contributed by atoms with Crippen molar-refractivity contribution in [3.05, 3.63) is 68.7 Å². The number of fused-ring (bicyclic) bond motifs is 4. The summed E-state index contributed by atoms with van der Waals surface area (Å²) in [6.07, 6.45) is 0.0195. The van der Waals surface area contributed by atoms with Crippen molar-refractivity contribution >= 4 is 27.3 Å². The Morgan fingerprint density at radius 1 is 1.33 bits per heavy atom. The highest BCUT2D eigenvalue weighted by molar-refractivity contribution is 7.89. The largest absolute Gasteiger partial charge is 0.470 e. The number of aromatic nitrogens is 2. The Hall–Kier alpha value is -2.73. The van der Waals surface area contributed by atoms with E-state index in [2.05, 4.69) is 10.4 Å². The summed E-state index contributed by atoms with van der Waals surface area (Å²) in [5.74, 6) is -1.12. The Labute approximate surface area is 194 Å². The van der Waals surface area contributed by atoms with Crippen LogP contribution in [0.1, 0.15) is 23.1 Å². The average Bonchev–Trinajstić information content (AvgIpc) is 3.16. The first kappa shape index (κ1) is 22.1. The van der Waals surface area contributed by atoms with Crippen molar-refractivity contribution in [1.82, 2.24) is 14.7 Å². The molecule has 0 radical (unpaired) electrons. The summed E-state index contributed by atoms with van der Waals surface area (Å²) in [6.45, 7) is 2.88. The molecule has 2 aliphatic rings. The van der Waals surface area contributed by atoms with Crippen LogP contribution in [0.5, 0.6) is 0 Å². The molecule has 0 amide bonds. The van der Waals surface area contributed by atoms with Crippen LogP contribution in [-0.4, -0.2) is 44.6 Å². The number of aromatic amines is 1. The van der Waals surface area contributed by atoms with Gasteiger partial charge in [-0.1, -0.05) is 16.7 Å². The average molecular weight is 495 g/mol. The van der Waals surface area contributed by atoms with E-state index in [4.69, 9.17) is 16.0 Å². The summed E-state index contributed by atoms with van der Waals surface area (Å²) < 4.78 is 50.3. The zero-order chi connectivity index (χ0) is 23.5. The fraction of sp³-hybridized carbons (Fsp3) is 0.333. The van der Waals surface area contributed by atoms with Gasteiger partial charge in [0.1, 0.15) is 10.7 Å². The van der Waals surface area contributed by atoms with Crippen LogP contribution in [0.3, 0.4) is 0 Å². The van der Waals surface area contributed by atoms with Crippen molar-refractivity contribution in [2.24, 2.45) is 0 Å². The van der Waals surface area contributed by atoms with Gasteiger partial charge in [-0.3, -0.25) is 0 Å². The minimum Gasteiger partial charge on any atom is -0.355 e. The van der Waals surface area contributed by atoms with E-state index < -0.39 is 27.6 Å². The summed E-state index contributed by atoms with van der Waals surface area (Å²) in [5, 5.41) is 6.04. The number of aryl methyl sites for hydroxylation is 1. The summed E-state index contributed by atoms with van der Waals surface area (Å²) in [6, 6.07) is 6.63. The molecule has 2 aliphatic heterocycles. The molecule has 0 saturated heterocycles. The van der Waals surface area contributed by atoms with Crippen molar-refractivity contribution in [3.8, 4) is 5.69 Å². The maximum Gasteiger partial charge on any atom is 0.470 e. The first-order valence-electron chi connectivity index (χ1n) is 10.4. The highest BCUT2D eigenvalue weighted by Crippen LogP contribution is 2.41. The smallest absolute Gasteiger partial charge is 0.355 e. The second-order valence-electron chi connectivity index (χ2n) is 8.10. The first-order valence-corrected chi connectivity index (χ1v) is 12.2. The van der Waals surface area contributed by atoms with Gasteiger partial charge in [-0.15, -0.1) is 0 Å². The van der Waals surface area contributed by atoms with Gasteiger partial charge >= 0.3 is 11.6 Å². The number of rotatable bonds is 4. The molecule has 2 N–H and O–H groups in total. The van der Waals surface area contributed by atoms with Crippen LogP contribution in [0.25, 0.3) is 5.69 Å². The second kappa shape index (κ2) is 7.94. The number of anilines is 1. The molecular weight excluding hydrogens is 473 g/mol. The topological polar surface area (TPSA) is 103 Å². The van der Waals surface area contributed by atoms with Gasteiger partial charge in [-0.25, -0.2) is 17.6 Å². The van der Waals surface area contributed by atoms with Crippen LogP contribution >= 0.6 is 11.6 Å². The van der Waals surface area contributed by atoms with Gasteiger partial charge in [-0.2, -0.15) is 4.31 Å². The lowest BCUT2D eigenvalue weighted by atomic mass is 9.96. The van der Waals surface area contributed by atoms with E-state index in [0.717, 1.165) is 5.56 Å². The fourth-order valence-corrected chi connectivity index (χ4v) is 6.44. The molecule has 0 unspecified atom stereocenters. The quantitative estimate of drug-likeness (QED) is 0.534. The predicted molar refractivity (Wildman–Crippen MR) is 119 cm³/mol. The standard InChI is InChI=1S/C21H21ClFN5O4S/c1-12-3-5-15(23)14-10-17(20-28(19(12)14)25-21(29)32-20)27-11-26(8-7-24-2)16-9-13(22)4-6-18(16)33(27,30)31/h3-6,9,17,24H,7-8,10-11H2,1-2H3/p+1/t17-/m0/s1. The van der Waals surface area contributed by atoms with E-state index in [0.29, 0.717) is 35.1 Å². The highest BCUT2D eigenvalue weighted by atomic mass is 35.5. The molecule has 33 heavy (non-hydrogen) atoms. The normalized spacial score (nSPS) is 19.2. The van der Waals surface area contributed by atoms with Gasteiger partial charge in [0.05, 0.1) is 17.9 Å². The molecular formula is C21H22ClFN5O4S+. The van der Waals surface area contributed by atoms with E-state index in [1.807, 2.05) is 4.90 Å². The lowest BCUT2D eigenvalue weighted by molar-refractivity contribution is -0.675. The third kappa shape index (κ3) is 3.46. The lowest BCUT2D eigenvalue weighted by Gasteiger charge is -2.40. The zero-order valence-corrected chi connectivity index (χ0v) is 19.5. The van der Waals surface area contributed by atoms with E-state index in [1.54, 1.807) is 26.1 Å². The molecule has 0 aliphatic carbocycles. The molecule has 12 heteroatoms. The fourth-order valence-electron chi connectivity index (χ4n) is 4.54. The zero-order valence-electron chi connectivity index (χ0n) is 17.9.